The second-order valence-corrected chi connectivity index (χ2v) is 11.6. The van der Waals surface area contributed by atoms with E-state index in [-0.39, 0.29) is 64.7 Å². The van der Waals surface area contributed by atoms with Crippen molar-refractivity contribution in [2.24, 2.45) is 0 Å². The van der Waals surface area contributed by atoms with Crippen LogP contribution in [0.1, 0.15) is 175 Å². The van der Waals surface area contributed by atoms with Crippen molar-refractivity contribution < 1.29 is 58.3 Å². The monoisotopic (exact) mass is 896 g/mol. The number of hydrogen-bond acceptors (Lipinski definition) is 12. The molecule has 0 aromatic heterocycles. The van der Waals surface area contributed by atoms with Crippen LogP contribution in [0.15, 0.2) is 0 Å². The molecule has 0 N–H and O–H groups in total. The number of esters is 3. The number of hydrogen-bond donors (Lipinski definition) is 0. The van der Waals surface area contributed by atoms with E-state index in [4.69, 9.17) is 14.2 Å². The SMILES string of the molecule is CCCCCCCCOC(=O)CCC(=O)[O-].CCCCCCCCOC(=O)CCC(=O)[O-].CCCCCCCCOC(=O)CCC(=O)[O-].[Bi+3]. The van der Waals surface area contributed by atoms with Crippen molar-refractivity contribution in [1.29, 1.82) is 0 Å². The van der Waals surface area contributed by atoms with E-state index in [1.54, 1.807) is 0 Å². The predicted octanol–water partition coefficient (Wildman–Crippen LogP) is 3.88. The summed E-state index contributed by atoms with van der Waals surface area (Å²) in [7, 11) is 0. The number of aliphatic carboxylic acids is 3. The van der Waals surface area contributed by atoms with E-state index in [1.807, 2.05) is 0 Å². The number of rotatable bonds is 30. The molecule has 2 radical (unpaired) electrons. The second kappa shape index (κ2) is 43.7. The van der Waals surface area contributed by atoms with Crippen molar-refractivity contribution in [3.8, 4) is 0 Å². The Morgan fingerprint density at radius 2 is 0.551 bits per heavy atom. The van der Waals surface area contributed by atoms with E-state index in [0.717, 1.165) is 38.5 Å². The standard InChI is InChI=1S/3C12H22O4.Bi/c3*1-2-3-4-5-6-7-10-16-12(15)9-8-11(13)14;/h3*2-10H2,1H3,(H,13,14);/q;;;+3/p-3. The zero-order valence-electron chi connectivity index (χ0n) is 30.4. The molecular weight excluding hydrogens is 833 g/mol. The molecule has 0 heterocycles. The molecule has 12 nitrogen and oxygen atoms in total. The predicted molar refractivity (Wildman–Crippen MR) is 181 cm³/mol. The van der Waals surface area contributed by atoms with Gasteiger partial charge < -0.3 is 43.9 Å². The fourth-order valence-electron chi connectivity index (χ4n) is 4.03. The molecule has 13 heteroatoms. The van der Waals surface area contributed by atoms with Gasteiger partial charge in [0.25, 0.3) is 0 Å². The number of carboxylic acid groups (broad SMARTS) is 3. The van der Waals surface area contributed by atoms with Crippen LogP contribution in [0.3, 0.4) is 0 Å². The summed E-state index contributed by atoms with van der Waals surface area (Å²) < 4.78 is 14.6. The van der Waals surface area contributed by atoms with Gasteiger partial charge in [-0.05, 0) is 38.5 Å². The van der Waals surface area contributed by atoms with E-state index < -0.39 is 35.8 Å². The minimum Gasteiger partial charge on any atom is -0.550 e. The molecule has 0 bridgehead atoms. The van der Waals surface area contributed by atoms with Gasteiger partial charge in [0, 0.05) is 17.9 Å². The van der Waals surface area contributed by atoms with Crippen molar-refractivity contribution in [1.82, 2.24) is 0 Å². The molecule has 0 spiro atoms. The van der Waals surface area contributed by atoms with Gasteiger partial charge in [0.05, 0.1) is 39.1 Å². The van der Waals surface area contributed by atoms with Gasteiger partial charge in [-0.15, -0.1) is 0 Å². The minimum absolute atomic E-state index is 0. The van der Waals surface area contributed by atoms with Gasteiger partial charge in [0.15, 0.2) is 0 Å². The van der Waals surface area contributed by atoms with Gasteiger partial charge in [0.2, 0.25) is 0 Å². The Labute approximate surface area is 313 Å². The molecule has 0 saturated carbocycles. The van der Waals surface area contributed by atoms with Crippen LogP contribution in [-0.4, -0.2) is 81.8 Å². The van der Waals surface area contributed by atoms with Crippen molar-refractivity contribution in [2.75, 3.05) is 19.8 Å². The fraction of sp³-hybridized carbons (Fsp3) is 0.833. The molecule has 284 valence electrons. The maximum atomic E-state index is 11.0. The first kappa shape index (κ1) is 53.5. The Bertz CT molecular complexity index is 715. The topological polar surface area (TPSA) is 199 Å². The van der Waals surface area contributed by atoms with E-state index in [9.17, 15) is 44.1 Å². The van der Waals surface area contributed by atoms with E-state index in [0.29, 0.717) is 19.8 Å². The molecule has 0 aliphatic carbocycles. The molecule has 0 aliphatic heterocycles. The third-order valence-corrected chi connectivity index (χ3v) is 6.88. The summed E-state index contributed by atoms with van der Waals surface area (Å²) in [5.41, 5.74) is 0. The first-order valence-electron chi connectivity index (χ1n) is 18.1. The molecule has 0 rings (SSSR count). The number of ether oxygens (including phenoxy) is 3. The zero-order valence-corrected chi connectivity index (χ0v) is 33.9. The molecule has 0 unspecified atom stereocenters. The number of carbonyl (C=O) groups excluding carboxylic acids is 6. The van der Waals surface area contributed by atoms with Gasteiger partial charge in [-0.2, -0.15) is 0 Å². The van der Waals surface area contributed by atoms with Crippen LogP contribution < -0.4 is 15.3 Å². The van der Waals surface area contributed by atoms with Crippen LogP contribution in [0.4, 0.5) is 0 Å². The maximum absolute atomic E-state index is 11.0. The van der Waals surface area contributed by atoms with Gasteiger partial charge in [-0.3, -0.25) is 14.4 Å². The summed E-state index contributed by atoms with van der Waals surface area (Å²) in [6.07, 6.45) is 19.4. The largest absolute Gasteiger partial charge is 3.00 e. The Morgan fingerprint density at radius 3 is 0.755 bits per heavy atom. The van der Waals surface area contributed by atoms with Crippen LogP contribution >= 0.6 is 0 Å². The van der Waals surface area contributed by atoms with E-state index in [2.05, 4.69) is 20.8 Å². The van der Waals surface area contributed by atoms with E-state index in [1.165, 1.54) is 77.0 Å². The molecule has 0 amide bonds. The summed E-state index contributed by atoms with van der Waals surface area (Å²) >= 11 is 0. The Balaban J connectivity index is -0.000000307. The molecule has 0 saturated heterocycles. The average molecular weight is 897 g/mol. The third-order valence-electron chi connectivity index (χ3n) is 6.88. The van der Waals surface area contributed by atoms with Gasteiger partial charge in [-0.1, -0.05) is 117 Å². The van der Waals surface area contributed by atoms with Crippen molar-refractivity contribution >= 4 is 62.0 Å². The molecule has 0 aliphatic rings. The second-order valence-electron chi connectivity index (χ2n) is 11.6. The smallest absolute Gasteiger partial charge is 0.550 e. The van der Waals surface area contributed by atoms with Crippen LogP contribution in [0.25, 0.3) is 0 Å². The number of unbranched alkanes of at least 4 members (excludes halogenated alkanes) is 15. The molecule has 0 aromatic rings. The Hall–Kier alpha value is -2.30. The van der Waals surface area contributed by atoms with Gasteiger partial charge in [0.1, 0.15) is 0 Å². The van der Waals surface area contributed by atoms with Crippen LogP contribution in [-0.2, 0) is 43.0 Å². The third kappa shape index (κ3) is 55.4. The van der Waals surface area contributed by atoms with Crippen LogP contribution in [0.5, 0.6) is 0 Å². The average Bonchev–Trinajstić information content (AvgIpc) is 3.04. The quantitative estimate of drug-likeness (QED) is 0.0437. The molecule has 0 fully saturated rings. The minimum atomic E-state index is -1.21. The van der Waals surface area contributed by atoms with Gasteiger partial charge >= 0.3 is 44.1 Å². The molecule has 0 atom stereocenters. The fourth-order valence-corrected chi connectivity index (χ4v) is 4.03. The summed E-state index contributed by atoms with van der Waals surface area (Å²) in [5.74, 6) is -4.97. The number of carboxylic acids is 3. The van der Waals surface area contributed by atoms with Gasteiger partial charge in [-0.25, -0.2) is 0 Å². The summed E-state index contributed by atoms with van der Waals surface area (Å²) in [6, 6.07) is 0. The van der Waals surface area contributed by atoms with Crippen molar-refractivity contribution in [2.45, 2.75) is 175 Å². The van der Waals surface area contributed by atoms with Crippen LogP contribution in [0, 0.1) is 0 Å². The summed E-state index contributed by atoms with van der Waals surface area (Å²) in [4.78, 5) is 63.1. The normalized spacial score (nSPS) is 9.86. The molecule has 0 aromatic carbocycles. The molecule has 49 heavy (non-hydrogen) atoms. The van der Waals surface area contributed by atoms with Crippen molar-refractivity contribution in [3.05, 3.63) is 0 Å². The Kier molecular flexibility index (Phi) is 47.7. The van der Waals surface area contributed by atoms with Crippen LogP contribution in [0.2, 0.25) is 0 Å². The van der Waals surface area contributed by atoms with E-state index >= 15 is 0 Å². The first-order valence-corrected chi connectivity index (χ1v) is 18.1. The summed E-state index contributed by atoms with van der Waals surface area (Å²) in [5, 5.41) is 30.2. The maximum Gasteiger partial charge on any atom is 3.00 e. The first-order chi connectivity index (χ1) is 23.0. The number of carbonyl (C=O) groups is 6. The molecular formula is C36H63BiO12. The Morgan fingerprint density at radius 1 is 0.347 bits per heavy atom. The van der Waals surface area contributed by atoms with Crippen molar-refractivity contribution in [3.63, 3.8) is 0 Å². The summed E-state index contributed by atoms with van der Waals surface area (Å²) in [6.45, 7) is 7.70. The zero-order chi connectivity index (χ0) is 36.7.